The highest BCUT2D eigenvalue weighted by molar-refractivity contribution is 6.06. The predicted molar refractivity (Wildman–Crippen MR) is 244 cm³/mol. The van der Waals surface area contributed by atoms with Crippen LogP contribution in [0.2, 0.25) is 0 Å². The maximum absolute atomic E-state index is 5.55. The molecule has 0 radical (unpaired) electrons. The van der Waals surface area contributed by atoms with Crippen molar-refractivity contribution in [2.45, 2.75) is 5.41 Å². The first kappa shape index (κ1) is 34.6. The molecule has 0 fully saturated rings. The lowest BCUT2D eigenvalue weighted by Gasteiger charge is -2.34. The Labute approximate surface area is 344 Å². The summed E-state index contributed by atoms with van der Waals surface area (Å²) < 4.78 is 0. The van der Waals surface area contributed by atoms with E-state index in [1.54, 1.807) is 0 Å². The van der Waals surface area contributed by atoms with Gasteiger partial charge in [0.25, 0.3) is 0 Å². The molecule has 2 heteroatoms. The van der Waals surface area contributed by atoms with Crippen molar-refractivity contribution in [2.24, 2.45) is 0 Å². The monoisotopic (exact) mass is 750 g/mol. The maximum atomic E-state index is 5.55. The number of nitrogens with zero attached hydrogens (tertiary/aromatic N) is 2. The molecule has 10 aromatic rings. The fraction of sp³-hybridized carbons (Fsp3) is 0.0175. The van der Waals surface area contributed by atoms with Crippen molar-refractivity contribution in [1.29, 1.82) is 0 Å². The highest BCUT2D eigenvalue weighted by Gasteiger charge is 2.48. The minimum Gasteiger partial charge on any atom is -0.228 e. The van der Waals surface area contributed by atoms with Gasteiger partial charge in [0.1, 0.15) is 0 Å². The van der Waals surface area contributed by atoms with Crippen molar-refractivity contribution in [1.82, 2.24) is 9.97 Å². The number of rotatable bonds is 7. The number of hydrogen-bond donors (Lipinski definition) is 0. The second-order valence-electron chi connectivity index (χ2n) is 15.3. The SMILES string of the molecule is c1ccc(-c2cccc(-c3cc(-c4cc5ccccc5c5c4-c4ccccc4C5(c4ccccc4)c4ccccc4)nc(-c4cccc(-c5ccccc5)c4)n3)c2)cc1. The minimum atomic E-state index is -0.573. The van der Waals surface area contributed by atoms with Crippen molar-refractivity contribution in [3.8, 4) is 67.3 Å². The third-order valence-corrected chi connectivity index (χ3v) is 11.9. The van der Waals surface area contributed by atoms with Gasteiger partial charge in [0, 0.05) is 16.7 Å². The maximum Gasteiger partial charge on any atom is 0.160 e. The molecule has 0 spiro atoms. The van der Waals surface area contributed by atoms with E-state index in [2.05, 4.69) is 231 Å². The molecule has 1 heterocycles. The van der Waals surface area contributed by atoms with Gasteiger partial charge < -0.3 is 0 Å². The number of fused-ring (bicyclic) bond motifs is 5. The van der Waals surface area contributed by atoms with Gasteiger partial charge in [0.2, 0.25) is 0 Å². The van der Waals surface area contributed by atoms with Crippen LogP contribution < -0.4 is 0 Å². The van der Waals surface area contributed by atoms with Crippen molar-refractivity contribution >= 4 is 10.8 Å². The molecule has 0 saturated carbocycles. The van der Waals surface area contributed by atoms with E-state index >= 15 is 0 Å². The minimum absolute atomic E-state index is 0.573. The van der Waals surface area contributed by atoms with Crippen LogP contribution in [0, 0.1) is 0 Å². The quantitative estimate of drug-likeness (QED) is 0.162. The van der Waals surface area contributed by atoms with Crippen LogP contribution >= 0.6 is 0 Å². The Morgan fingerprint density at radius 2 is 0.814 bits per heavy atom. The Kier molecular flexibility index (Phi) is 8.41. The largest absolute Gasteiger partial charge is 0.228 e. The third kappa shape index (κ3) is 5.80. The molecular formula is C57H38N2. The number of hydrogen-bond acceptors (Lipinski definition) is 2. The van der Waals surface area contributed by atoms with Crippen LogP contribution in [0.25, 0.3) is 78.1 Å². The Morgan fingerprint density at radius 1 is 0.322 bits per heavy atom. The number of aromatic nitrogens is 2. The molecule has 276 valence electrons. The summed E-state index contributed by atoms with van der Waals surface area (Å²) in [6.45, 7) is 0. The molecule has 0 N–H and O–H groups in total. The van der Waals surface area contributed by atoms with Gasteiger partial charge in [0.15, 0.2) is 5.82 Å². The molecule has 0 saturated heterocycles. The average molecular weight is 751 g/mol. The highest BCUT2D eigenvalue weighted by atomic mass is 14.9. The zero-order valence-electron chi connectivity index (χ0n) is 32.3. The van der Waals surface area contributed by atoms with Crippen LogP contribution in [0.5, 0.6) is 0 Å². The summed E-state index contributed by atoms with van der Waals surface area (Å²) >= 11 is 0. The Balaban J connectivity index is 1.23. The Hall–Kier alpha value is -7.68. The summed E-state index contributed by atoms with van der Waals surface area (Å²) in [6, 6.07) is 82.9. The molecule has 0 atom stereocenters. The summed E-state index contributed by atoms with van der Waals surface area (Å²) in [6.07, 6.45) is 0. The molecule has 9 aromatic carbocycles. The van der Waals surface area contributed by atoms with Crippen LogP contribution in [0.1, 0.15) is 22.3 Å². The summed E-state index contributed by atoms with van der Waals surface area (Å²) in [5, 5.41) is 2.40. The van der Waals surface area contributed by atoms with E-state index < -0.39 is 5.41 Å². The van der Waals surface area contributed by atoms with Gasteiger partial charge in [0.05, 0.1) is 16.8 Å². The molecule has 1 aliphatic rings. The van der Waals surface area contributed by atoms with E-state index in [0.29, 0.717) is 5.82 Å². The van der Waals surface area contributed by atoms with E-state index in [1.165, 1.54) is 49.7 Å². The second-order valence-corrected chi connectivity index (χ2v) is 15.3. The standard InChI is InChI=1S/C57H38N2/c1-5-19-39(20-6-1)41-24-17-26-44(35-41)52-38-53(59-56(58-52)45-27-18-25-42(36-45)40-21-7-2-8-22-40)50-37-43-23-13-14-32-48(43)55-54(50)49-33-15-16-34-51(49)57(55,46-28-9-3-10-29-46)47-30-11-4-12-31-47/h1-38H. The normalized spacial score (nSPS) is 12.5. The molecular weight excluding hydrogens is 713 g/mol. The van der Waals surface area contributed by atoms with Gasteiger partial charge in [-0.25, -0.2) is 9.97 Å². The lowest BCUT2D eigenvalue weighted by Crippen LogP contribution is -2.28. The topological polar surface area (TPSA) is 25.8 Å². The molecule has 0 unspecified atom stereocenters. The van der Waals surface area contributed by atoms with Gasteiger partial charge in [-0.3, -0.25) is 0 Å². The van der Waals surface area contributed by atoms with Gasteiger partial charge in [-0.2, -0.15) is 0 Å². The summed E-state index contributed by atoms with van der Waals surface area (Å²) in [5.74, 6) is 0.686. The van der Waals surface area contributed by atoms with Crippen LogP contribution in [-0.2, 0) is 5.41 Å². The van der Waals surface area contributed by atoms with Crippen molar-refractivity contribution in [3.05, 3.63) is 253 Å². The molecule has 59 heavy (non-hydrogen) atoms. The van der Waals surface area contributed by atoms with E-state index in [0.717, 1.165) is 44.8 Å². The molecule has 0 amide bonds. The molecule has 11 rings (SSSR count). The molecule has 0 aliphatic heterocycles. The van der Waals surface area contributed by atoms with Crippen LogP contribution in [-0.4, -0.2) is 9.97 Å². The Bertz CT molecular complexity index is 3000. The van der Waals surface area contributed by atoms with E-state index in [-0.39, 0.29) is 0 Å². The predicted octanol–water partition coefficient (Wildman–Crippen LogP) is 14.3. The number of benzene rings is 9. The summed E-state index contributed by atoms with van der Waals surface area (Å²) in [7, 11) is 0. The van der Waals surface area contributed by atoms with E-state index in [9.17, 15) is 0 Å². The lowest BCUT2D eigenvalue weighted by molar-refractivity contribution is 0.775. The van der Waals surface area contributed by atoms with E-state index in [1.807, 2.05) is 0 Å². The molecule has 1 aromatic heterocycles. The second kappa shape index (κ2) is 14.4. The van der Waals surface area contributed by atoms with Gasteiger partial charge in [-0.05, 0) is 90.7 Å². The molecule has 0 bridgehead atoms. The van der Waals surface area contributed by atoms with Gasteiger partial charge >= 0.3 is 0 Å². The van der Waals surface area contributed by atoms with Crippen LogP contribution in [0.4, 0.5) is 0 Å². The smallest absolute Gasteiger partial charge is 0.160 e. The lowest BCUT2D eigenvalue weighted by atomic mass is 9.66. The zero-order valence-corrected chi connectivity index (χ0v) is 32.3. The zero-order chi connectivity index (χ0) is 39.2. The summed E-state index contributed by atoms with van der Waals surface area (Å²) in [5.41, 5.74) is 16.3. The summed E-state index contributed by atoms with van der Waals surface area (Å²) in [4.78, 5) is 10.9. The third-order valence-electron chi connectivity index (χ3n) is 11.9. The Morgan fingerprint density at radius 3 is 1.47 bits per heavy atom. The first-order valence-electron chi connectivity index (χ1n) is 20.2. The van der Waals surface area contributed by atoms with E-state index in [4.69, 9.17) is 9.97 Å². The van der Waals surface area contributed by atoms with Gasteiger partial charge in [-0.15, -0.1) is 0 Å². The van der Waals surface area contributed by atoms with Crippen LogP contribution in [0.15, 0.2) is 231 Å². The van der Waals surface area contributed by atoms with Crippen molar-refractivity contribution in [3.63, 3.8) is 0 Å². The first-order chi connectivity index (χ1) is 29.3. The molecule has 2 nitrogen and oxygen atoms in total. The fourth-order valence-corrected chi connectivity index (χ4v) is 9.34. The molecule has 1 aliphatic carbocycles. The average Bonchev–Trinajstić information content (AvgIpc) is 3.64. The van der Waals surface area contributed by atoms with Gasteiger partial charge in [-0.1, -0.05) is 206 Å². The fourth-order valence-electron chi connectivity index (χ4n) is 9.34. The first-order valence-corrected chi connectivity index (χ1v) is 20.2. The highest BCUT2D eigenvalue weighted by Crippen LogP contribution is 2.60. The van der Waals surface area contributed by atoms with Crippen molar-refractivity contribution < 1.29 is 0 Å². The van der Waals surface area contributed by atoms with Crippen LogP contribution in [0.3, 0.4) is 0 Å². The van der Waals surface area contributed by atoms with Crippen molar-refractivity contribution in [2.75, 3.05) is 0 Å².